The van der Waals surface area contributed by atoms with Crippen LogP contribution in [-0.4, -0.2) is 36.5 Å². The van der Waals surface area contributed by atoms with E-state index in [0.29, 0.717) is 18.9 Å². The van der Waals surface area contributed by atoms with Gasteiger partial charge in [0.2, 0.25) is 0 Å². The van der Waals surface area contributed by atoms with E-state index in [4.69, 9.17) is 16.3 Å². The Bertz CT molecular complexity index is 1180. The van der Waals surface area contributed by atoms with Crippen LogP contribution in [0, 0.1) is 20.2 Å². The highest BCUT2D eigenvalue weighted by Crippen LogP contribution is 2.35. The highest BCUT2D eigenvalue weighted by Gasteiger charge is 2.28. The number of amides is 1. The zero-order chi connectivity index (χ0) is 24.2. The molecule has 13 heteroatoms. The van der Waals surface area contributed by atoms with Crippen molar-refractivity contribution in [3.05, 3.63) is 61.1 Å². The molecule has 0 bridgehead atoms. The summed E-state index contributed by atoms with van der Waals surface area (Å²) >= 11 is 5.95. The van der Waals surface area contributed by atoms with E-state index in [1.165, 1.54) is 25.3 Å². The third-order valence-corrected chi connectivity index (χ3v) is 7.64. The van der Waals surface area contributed by atoms with Crippen LogP contribution >= 0.6 is 11.6 Å². The molecule has 2 aromatic rings. The fraction of sp³-hybridized carbons (Fsp3) is 0.316. The average Bonchev–Trinajstić information content (AvgIpc) is 2.73. The van der Waals surface area contributed by atoms with Crippen molar-refractivity contribution in [1.29, 1.82) is 0 Å². The first-order valence-corrected chi connectivity index (χ1v) is 11.3. The lowest BCUT2D eigenvalue weighted by atomic mass is 10.1. The molecule has 0 aliphatic rings. The van der Waals surface area contributed by atoms with Crippen molar-refractivity contribution in [1.82, 2.24) is 0 Å². The fourth-order valence-electron chi connectivity index (χ4n) is 3.07. The van der Waals surface area contributed by atoms with E-state index < -0.39 is 52.8 Å². The van der Waals surface area contributed by atoms with Crippen LogP contribution in [0.15, 0.2) is 35.2 Å². The topological polar surface area (TPSA) is 159 Å². The zero-order valence-corrected chi connectivity index (χ0v) is 18.9. The van der Waals surface area contributed by atoms with Gasteiger partial charge in [0.1, 0.15) is 10.8 Å². The highest BCUT2D eigenvalue weighted by atomic mass is 35.5. The van der Waals surface area contributed by atoms with Crippen molar-refractivity contribution in [3.8, 4) is 5.75 Å². The maximum atomic E-state index is 12.9. The molecule has 0 atom stereocenters. The maximum absolute atomic E-state index is 12.9. The number of nitro benzene ring substituents is 2. The van der Waals surface area contributed by atoms with E-state index in [9.17, 15) is 33.4 Å². The lowest BCUT2D eigenvalue weighted by molar-refractivity contribution is -0.394. The molecule has 2 rings (SSSR count). The standard InChI is InChI=1S/C19H20ClN3O8S/c1-4-12(5-2)32(29,30)13-6-7-17(31-3)15(10-13)21-19(24)14-8-11(22(25)26)9-16(18(14)20)23(27)28/h6-10,12H,4-5H2,1-3H3,(H,21,24). The molecule has 11 nitrogen and oxygen atoms in total. The van der Waals surface area contributed by atoms with Gasteiger partial charge in [-0.25, -0.2) is 8.42 Å². The number of hydrogen-bond acceptors (Lipinski definition) is 8. The van der Waals surface area contributed by atoms with E-state index in [-0.39, 0.29) is 16.3 Å². The summed E-state index contributed by atoms with van der Waals surface area (Å²) in [6.07, 6.45) is 0.777. The Morgan fingerprint density at radius 1 is 1.12 bits per heavy atom. The lowest BCUT2D eigenvalue weighted by Gasteiger charge is -2.16. The van der Waals surface area contributed by atoms with Gasteiger partial charge in [-0.15, -0.1) is 0 Å². The number of ether oxygens (including phenoxy) is 1. The number of halogens is 1. The Balaban J connectivity index is 2.57. The van der Waals surface area contributed by atoms with Gasteiger partial charge in [-0.1, -0.05) is 25.4 Å². The molecule has 0 saturated carbocycles. The molecule has 0 radical (unpaired) electrons. The number of nitro groups is 2. The molecule has 0 aromatic heterocycles. The Hall–Kier alpha value is -3.25. The summed E-state index contributed by atoms with van der Waals surface area (Å²) in [6.45, 7) is 3.49. The van der Waals surface area contributed by atoms with E-state index >= 15 is 0 Å². The molecule has 0 unspecified atom stereocenters. The lowest BCUT2D eigenvalue weighted by Crippen LogP contribution is -2.20. The Morgan fingerprint density at radius 2 is 1.75 bits per heavy atom. The second kappa shape index (κ2) is 9.92. The molecular formula is C19H20ClN3O8S. The second-order valence-corrected chi connectivity index (χ2v) is 9.25. The van der Waals surface area contributed by atoms with Crippen LogP contribution in [0.4, 0.5) is 17.1 Å². The number of nitrogens with one attached hydrogen (secondary N) is 1. The molecule has 0 fully saturated rings. The van der Waals surface area contributed by atoms with Gasteiger partial charge >= 0.3 is 0 Å². The first-order chi connectivity index (χ1) is 15.0. The maximum Gasteiger partial charge on any atom is 0.295 e. The van der Waals surface area contributed by atoms with Crippen LogP contribution in [-0.2, 0) is 9.84 Å². The minimum atomic E-state index is -3.70. The van der Waals surface area contributed by atoms with E-state index in [2.05, 4.69) is 5.32 Å². The number of carbonyl (C=O) groups is 1. The number of hydrogen-bond donors (Lipinski definition) is 1. The number of non-ortho nitro benzene ring substituents is 1. The molecule has 0 aliphatic carbocycles. The van der Waals surface area contributed by atoms with E-state index in [1.807, 2.05) is 0 Å². The Labute approximate surface area is 188 Å². The number of anilines is 1. The molecule has 32 heavy (non-hydrogen) atoms. The number of methoxy groups -OCH3 is 1. The monoisotopic (exact) mass is 485 g/mol. The minimum absolute atomic E-state index is 0.0465. The number of rotatable bonds is 9. The Kier molecular flexibility index (Phi) is 7.75. The minimum Gasteiger partial charge on any atom is -0.495 e. The summed E-state index contributed by atoms with van der Waals surface area (Å²) in [6, 6.07) is 5.32. The van der Waals surface area contributed by atoms with E-state index in [1.54, 1.807) is 13.8 Å². The molecule has 1 N–H and O–H groups in total. The van der Waals surface area contributed by atoms with Crippen LogP contribution in [0.3, 0.4) is 0 Å². The van der Waals surface area contributed by atoms with Gasteiger partial charge in [0.05, 0.1) is 44.4 Å². The van der Waals surface area contributed by atoms with Crippen LogP contribution < -0.4 is 10.1 Å². The largest absolute Gasteiger partial charge is 0.495 e. The number of carbonyl (C=O) groups excluding carboxylic acids is 1. The van der Waals surface area contributed by atoms with E-state index in [0.717, 1.165) is 6.07 Å². The van der Waals surface area contributed by atoms with Crippen molar-refractivity contribution in [2.45, 2.75) is 36.8 Å². The third-order valence-electron chi connectivity index (χ3n) is 4.79. The van der Waals surface area contributed by atoms with Gasteiger partial charge in [-0.3, -0.25) is 25.0 Å². The van der Waals surface area contributed by atoms with Crippen molar-refractivity contribution < 1.29 is 27.8 Å². The molecule has 2 aromatic carbocycles. The van der Waals surface area contributed by atoms with Gasteiger partial charge in [0.15, 0.2) is 9.84 Å². The van der Waals surface area contributed by atoms with Gasteiger partial charge in [-0.05, 0) is 31.0 Å². The highest BCUT2D eigenvalue weighted by molar-refractivity contribution is 7.92. The Morgan fingerprint density at radius 3 is 2.25 bits per heavy atom. The molecule has 0 spiro atoms. The summed E-state index contributed by atoms with van der Waals surface area (Å²) in [5.74, 6) is -0.907. The SMILES string of the molecule is CCC(CC)S(=O)(=O)c1ccc(OC)c(NC(=O)c2cc([N+](=O)[O-])cc([N+](=O)[O-])c2Cl)c1. The summed E-state index contributed by atoms with van der Waals surface area (Å²) in [5, 5.41) is 23.5. The quantitative estimate of drug-likeness (QED) is 0.404. The summed E-state index contributed by atoms with van der Waals surface area (Å²) in [7, 11) is -2.41. The van der Waals surface area contributed by atoms with Crippen molar-refractivity contribution in [2.75, 3.05) is 12.4 Å². The number of nitrogens with zero attached hydrogens (tertiary/aromatic N) is 2. The molecule has 0 heterocycles. The molecule has 1 amide bonds. The summed E-state index contributed by atoms with van der Waals surface area (Å²) in [4.78, 5) is 33.2. The summed E-state index contributed by atoms with van der Waals surface area (Å²) < 4.78 is 30.9. The first-order valence-electron chi connectivity index (χ1n) is 9.33. The fourth-order valence-corrected chi connectivity index (χ4v) is 5.14. The van der Waals surface area contributed by atoms with Crippen molar-refractivity contribution in [2.24, 2.45) is 0 Å². The molecular weight excluding hydrogens is 466 g/mol. The van der Waals surface area contributed by atoms with Crippen LogP contribution in [0.25, 0.3) is 0 Å². The number of benzene rings is 2. The molecule has 0 saturated heterocycles. The van der Waals surface area contributed by atoms with Gasteiger partial charge < -0.3 is 10.1 Å². The smallest absolute Gasteiger partial charge is 0.295 e. The predicted octanol–water partition coefficient (Wildman–Crippen LogP) is 4.38. The van der Waals surface area contributed by atoms with Gasteiger partial charge in [0.25, 0.3) is 17.3 Å². The number of sulfone groups is 1. The first kappa shape index (κ1) is 25.0. The molecule has 0 aliphatic heterocycles. The van der Waals surface area contributed by atoms with Crippen LogP contribution in [0.2, 0.25) is 5.02 Å². The van der Waals surface area contributed by atoms with Gasteiger partial charge in [0, 0.05) is 6.07 Å². The molecule has 172 valence electrons. The summed E-state index contributed by atoms with van der Waals surface area (Å²) in [5.41, 5.74) is -2.09. The normalized spacial score (nSPS) is 11.3. The third kappa shape index (κ3) is 4.97. The predicted molar refractivity (Wildman–Crippen MR) is 117 cm³/mol. The van der Waals surface area contributed by atoms with Crippen molar-refractivity contribution >= 4 is 44.4 Å². The second-order valence-electron chi connectivity index (χ2n) is 6.64. The van der Waals surface area contributed by atoms with Crippen LogP contribution in [0.1, 0.15) is 37.0 Å². The van der Waals surface area contributed by atoms with Gasteiger partial charge in [-0.2, -0.15) is 0 Å². The zero-order valence-electron chi connectivity index (χ0n) is 17.3. The van der Waals surface area contributed by atoms with Crippen LogP contribution in [0.5, 0.6) is 5.75 Å². The van der Waals surface area contributed by atoms with Crippen molar-refractivity contribution in [3.63, 3.8) is 0 Å². The average molecular weight is 486 g/mol.